The van der Waals surface area contributed by atoms with Gasteiger partial charge in [0.15, 0.2) is 5.84 Å². The highest BCUT2D eigenvalue weighted by Gasteiger charge is 2.44. The van der Waals surface area contributed by atoms with Crippen LogP contribution in [0.1, 0.15) is 18.6 Å². The number of carbonyl (C=O) groups is 1. The molecule has 1 fully saturated rings. The number of carbonyl (C=O) groups excluding carboxylic acids is 1. The van der Waals surface area contributed by atoms with Gasteiger partial charge in [0.2, 0.25) is 5.91 Å². The normalized spacial score (nSPS) is 18.7. The number of nitrogens with one attached hydrogen (secondary N) is 1. The van der Waals surface area contributed by atoms with Crippen LogP contribution >= 0.6 is 0 Å². The molecule has 4 N–H and O–H groups in total. The van der Waals surface area contributed by atoms with Gasteiger partial charge in [0.1, 0.15) is 11.2 Å². The number of rotatable bonds is 5. The number of nitrogens with two attached hydrogens (primary N) is 1. The molecular weight excluding hydrogens is 262 g/mol. The number of hydrogen-bond acceptors (Lipinski definition) is 5. The third-order valence-electron chi connectivity index (χ3n) is 3.62. The van der Waals surface area contributed by atoms with E-state index >= 15 is 0 Å². The molecule has 2 rings (SSSR count). The standard InChI is InChI=1S/C13H19N3O4/c14-11(16-18)13(4-8-19-9-5-13)12(17)15-6-3-10-2-1-7-20-10/h1-2,7,18H,3-6,8-9H2,(H2,14,16)(H,15,17). The summed E-state index contributed by atoms with van der Waals surface area (Å²) in [4.78, 5) is 12.4. The fraction of sp³-hybridized carbons (Fsp3) is 0.538. The molecule has 1 amide bonds. The zero-order chi connectivity index (χ0) is 14.4. The molecule has 2 heterocycles. The van der Waals surface area contributed by atoms with E-state index in [2.05, 4.69) is 10.5 Å². The third-order valence-corrected chi connectivity index (χ3v) is 3.62. The second-order valence-electron chi connectivity index (χ2n) is 4.76. The van der Waals surface area contributed by atoms with E-state index < -0.39 is 5.41 Å². The number of nitrogens with zero attached hydrogens (tertiary/aromatic N) is 1. The summed E-state index contributed by atoms with van der Waals surface area (Å²) < 4.78 is 10.4. The first-order valence-electron chi connectivity index (χ1n) is 6.55. The van der Waals surface area contributed by atoms with Crippen LogP contribution in [0, 0.1) is 5.41 Å². The highest BCUT2D eigenvalue weighted by Crippen LogP contribution is 2.31. The van der Waals surface area contributed by atoms with E-state index in [1.807, 2.05) is 6.07 Å². The molecule has 7 heteroatoms. The summed E-state index contributed by atoms with van der Waals surface area (Å²) in [5.74, 6) is 0.508. The third kappa shape index (κ3) is 2.93. The van der Waals surface area contributed by atoms with E-state index in [1.54, 1.807) is 12.3 Å². The van der Waals surface area contributed by atoms with Crippen molar-refractivity contribution >= 4 is 11.7 Å². The van der Waals surface area contributed by atoms with Crippen LogP contribution < -0.4 is 11.1 Å². The fourth-order valence-electron chi connectivity index (χ4n) is 2.34. The Kier molecular flexibility index (Phi) is 4.62. The molecule has 0 bridgehead atoms. The van der Waals surface area contributed by atoms with Crippen molar-refractivity contribution in [1.82, 2.24) is 5.32 Å². The van der Waals surface area contributed by atoms with Crippen molar-refractivity contribution in [3.8, 4) is 0 Å². The van der Waals surface area contributed by atoms with Crippen LogP contribution in [0.15, 0.2) is 28.0 Å². The Morgan fingerprint density at radius 2 is 2.25 bits per heavy atom. The maximum atomic E-state index is 12.4. The highest BCUT2D eigenvalue weighted by molar-refractivity contribution is 6.06. The van der Waals surface area contributed by atoms with Crippen LogP contribution in [-0.4, -0.2) is 36.7 Å². The first-order valence-corrected chi connectivity index (χ1v) is 6.55. The SMILES string of the molecule is NC(=NO)C1(C(=O)NCCc2ccco2)CCOCC1. The van der Waals surface area contributed by atoms with Gasteiger partial charge in [-0.05, 0) is 25.0 Å². The van der Waals surface area contributed by atoms with Crippen molar-refractivity contribution in [2.45, 2.75) is 19.3 Å². The average molecular weight is 281 g/mol. The smallest absolute Gasteiger partial charge is 0.234 e. The van der Waals surface area contributed by atoms with Gasteiger partial charge in [-0.3, -0.25) is 4.79 Å². The van der Waals surface area contributed by atoms with Gasteiger partial charge in [0, 0.05) is 26.2 Å². The average Bonchev–Trinajstić information content (AvgIpc) is 3.00. The molecule has 1 aliphatic rings. The first kappa shape index (κ1) is 14.4. The summed E-state index contributed by atoms with van der Waals surface area (Å²) in [7, 11) is 0. The first-order chi connectivity index (χ1) is 9.69. The molecule has 0 atom stereocenters. The van der Waals surface area contributed by atoms with Gasteiger partial charge in [-0.15, -0.1) is 0 Å². The van der Waals surface area contributed by atoms with E-state index in [-0.39, 0.29) is 11.7 Å². The summed E-state index contributed by atoms with van der Waals surface area (Å²) in [6, 6.07) is 3.65. The molecule has 0 spiro atoms. The molecule has 0 aromatic carbocycles. The number of furan rings is 1. The van der Waals surface area contributed by atoms with Crippen molar-refractivity contribution in [1.29, 1.82) is 0 Å². The highest BCUT2D eigenvalue weighted by atomic mass is 16.5. The van der Waals surface area contributed by atoms with Gasteiger partial charge in [-0.1, -0.05) is 5.16 Å². The van der Waals surface area contributed by atoms with Crippen molar-refractivity contribution < 1.29 is 19.2 Å². The van der Waals surface area contributed by atoms with Gasteiger partial charge in [0.25, 0.3) is 0 Å². The molecule has 0 unspecified atom stereocenters. The number of oxime groups is 1. The lowest BCUT2D eigenvalue weighted by molar-refractivity contribution is -0.131. The van der Waals surface area contributed by atoms with Gasteiger partial charge in [-0.2, -0.15) is 0 Å². The minimum Gasteiger partial charge on any atom is -0.469 e. The monoisotopic (exact) mass is 281 g/mol. The largest absolute Gasteiger partial charge is 0.469 e. The Hall–Kier alpha value is -2.02. The molecule has 0 saturated carbocycles. The van der Waals surface area contributed by atoms with Crippen LogP contribution in [0.2, 0.25) is 0 Å². The lowest BCUT2D eigenvalue weighted by atomic mass is 9.78. The lowest BCUT2D eigenvalue weighted by Crippen LogP contribution is -2.53. The Balaban J connectivity index is 1.96. The zero-order valence-corrected chi connectivity index (χ0v) is 11.2. The van der Waals surface area contributed by atoms with E-state index in [0.29, 0.717) is 39.0 Å². The Labute approximate surface area is 116 Å². The molecule has 7 nitrogen and oxygen atoms in total. The van der Waals surface area contributed by atoms with Crippen LogP contribution in [0.5, 0.6) is 0 Å². The molecule has 1 aromatic rings. The predicted octanol–water partition coefficient (Wildman–Crippen LogP) is 0.482. The molecule has 1 saturated heterocycles. The zero-order valence-electron chi connectivity index (χ0n) is 11.2. The second kappa shape index (κ2) is 6.42. The Bertz CT molecular complexity index is 464. The molecular formula is C13H19N3O4. The summed E-state index contributed by atoms with van der Waals surface area (Å²) in [5.41, 5.74) is 4.74. The molecule has 110 valence electrons. The van der Waals surface area contributed by atoms with Crippen LogP contribution in [0.4, 0.5) is 0 Å². The lowest BCUT2D eigenvalue weighted by Gasteiger charge is -2.34. The summed E-state index contributed by atoms with van der Waals surface area (Å²) in [5, 5.41) is 14.7. The summed E-state index contributed by atoms with van der Waals surface area (Å²) in [6.07, 6.45) is 3.01. The second-order valence-corrected chi connectivity index (χ2v) is 4.76. The Morgan fingerprint density at radius 3 is 2.85 bits per heavy atom. The van der Waals surface area contributed by atoms with E-state index in [4.69, 9.17) is 20.1 Å². The van der Waals surface area contributed by atoms with Crippen LogP contribution in [0.25, 0.3) is 0 Å². The van der Waals surface area contributed by atoms with E-state index in [1.165, 1.54) is 0 Å². The number of amides is 1. The summed E-state index contributed by atoms with van der Waals surface area (Å²) in [6.45, 7) is 1.28. The fourth-order valence-corrected chi connectivity index (χ4v) is 2.34. The Morgan fingerprint density at radius 1 is 1.50 bits per heavy atom. The maximum absolute atomic E-state index is 12.4. The quantitative estimate of drug-likeness (QED) is 0.315. The molecule has 1 aliphatic heterocycles. The summed E-state index contributed by atoms with van der Waals surface area (Å²) >= 11 is 0. The molecule has 0 aliphatic carbocycles. The van der Waals surface area contributed by atoms with Crippen LogP contribution in [0.3, 0.4) is 0 Å². The number of amidine groups is 1. The van der Waals surface area contributed by atoms with Crippen molar-refractivity contribution in [3.05, 3.63) is 24.2 Å². The maximum Gasteiger partial charge on any atom is 0.234 e. The van der Waals surface area contributed by atoms with Gasteiger partial charge in [-0.25, -0.2) is 0 Å². The van der Waals surface area contributed by atoms with Crippen LogP contribution in [-0.2, 0) is 16.0 Å². The topological polar surface area (TPSA) is 110 Å². The van der Waals surface area contributed by atoms with E-state index in [0.717, 1.165) is 5.76 Å². The van der Waals surface area contributed by atoms with Crippen molar-refractivity contribution in [3.63, 3.8) is 0 Å². The number of ether oxygens (including phenoxy) is 1. The van der Waals surface area contributed by atoms with Crippen molar-refractivity contribution in [2.75, 3.05) is 19.8 Å². The molecule has 1 aromatic heterocycles. The molecule has 0 radical (unpaired) electrons. The van der Waals surface area contributed by atoms with Gasteiger partial charge >= 0.3 is 0 Å². The van der Waals surface area contributed by atoms with Gasteiger partial charge < -0.3 is 25.4 Å². The molecule has 20 heavy (non-hydrogen) atoms. The minimum absolute atomic E-state index is 0.0590. The predicted molar refractivity (Wildman–Crippen MR) is 71.3 cm³/mol. The minimum atomic E-state index is -0.976. The van der Waals surface area contributed by atoms with Gasteiger partial charge in [0.05, 0.1) is 6.26 Å². The van der Waals surface area contributed by atoms with Crippen molar-refractivity contribution in [2.24, 2.45) is 16.3 Å². The number of hydrogen-bond donors (Lipinski definition) is 3. The van der Waals surface area contributed by atoms with E-state index in [9.17, 15) is 4.79 Å².